The largest absolute Gasteiger partial charge is 0.472 e. The van der Waals surface area contributed by atoms with Crippen LogP contribution in [0.5, 0.6) is 0 Å². The Bertz CT molecular complexity index is 2640. The zero-order valence-corrected chi connectivity index (χ0v) is 40.0. The number of amides is 3. The third-order valence-corrected chi connectivity index (χ3v) is 14.6. The number of hydrogen-bond acceptors (Lipinski definition) is 21. The number of hydrogen-bond donors (Lipinski definition) is 6. The first kappa shape index (κ1) is 52.1. The van der Waals surface area contributed by atoms with Gasteiger partial charge in [0, 0.05) is 17.8 Å². The van der Waals surface area contributed by atoms with Gasteiger partial charge in [-0.1, -0.05) is 57.5 Å². The zero-order chi connectivity index (χ0) is 50.2. The van der Waals surface area contributed by atoms with Crippen molar-refractivity contribution in [2.24, 2.45) is 40.9 Å². The molecule has 15 atom stereocenters. The number of aryl methyl sites for hydroxylation is 1. The number of aromatic nitrogens is 9. The van der Waals surface area contributed by atoms with Crippen LogP contribution in [0.4, 0.5) is 0 Å². The van der Waals surface area contributed by atoms with E-state index in [4.69, 9.17) is 58.6 Å². The van der Waals surface area contributed by atoms with Gasteiger partial charge in [0.2, 0.25) is 17.5 Å². The van der Waals surface area contributed by atoms with Crippen molar-refractivity contribution in [3.8, 4) is 0 Å². The highest BCUT2D eigenvalue weighted by atomic mass is 31.2. The average molecular weight is 1030 g/mol. The van der Waals surface area contributed by atoms with Crippen LogP contribution in [0.2, 0.25) is 0 Å². The number of rotatable bonds is 22. The molecule has 3 aliphatic heterocycles. The standard InChI is InChI=1S/C36H51N12O18P3/c1-17-6-8-22(9-7-17)10-58-67(52,53)59-12-24-26(20(4)35(63-24)47-15-41-32(44-47)29(38)50)66-69(56,57)61-13-25-27(21(5)36(64-25)48-16-42-33(45-48)30(39)51)65-68(54,55)60-11-23-18(2)19(3)34(62-23)46-14-40-31(43-46)28(37)49/h6-9,14-16,18-21,23-27,34-36H,10-13H2,1-5H3,(H2,37,49)(H2,38,50)(H2,39,51)(H,52,53)(H,54,55)(H,56,57)/t18-,19?,20?,21?,23-,24-,25-,26-,27-,34-,35-,36-/m1/s1. The van der Waals surface area contributed by atoms with Crippen LogP contribution < -0.4 is 17.2 Å². The van der Waals surface area contributed by atoms with Crippen LogP contribution in [-0.4, -0.2) is 127 Å². The summed E-state index contributed by atoms with van der Waals surface area (Å²) >= 11 is 0. The highest BCUT2D eigenvalue weighted by Crippen LogP contribution is 2.54. The fourth-order valence-corrected chi connectivity index (χ4v) is 10.6. The summed E-state index contributed by atoms with van der Waals surface area (Å²) in [6.45, 7) is 6.14. The Kier molecular flexibility index (Phi) is 15.8. The van der Waals surface area contributed by atoms with Crippen LogP contribution in [0.3, 0.4) is 0 Å². The first-order chi connectivity index (χ1) is 32.4. The molecule has 0 aliphatic carbocycles. The lowest BCUT2D eigenvalue weighted by atomic mass is 9.93. The van der Waals surface area contributed by atoms with Crippen LogP contribution in [0.15, 0.2) is 43.2 Å². The summed E-state index contributed by atoms with van der Waals surface area (Å²) in [5.74, 6) is -6.22. The molecule has 7 rings (SSSR count). The molecule has 378 valence electrons. The summed E-state index contributed by atoms with van der Waals surface area (Å²) in [6, 6.07) is 6.94. The highest BCUT2D eigenvalue weighted by Gasteiger charge is 2.52. The molecule has 30 nitrogen and oxygen atoms in total. The summed E-state index contributed by atoms with van der Waals surface area (Å²) in [5.41, 5.74) is 17.5. The van der Waals surface area contributed by atoms with Crippen LogP contribution in [-0.2, 0) is 61.7 Å². The van der Waals surface area contributed by atoms with Crippen molar-refractivity contribution in [1.29, 1.82) is 0 Å². The molecule has 3 amide bonds. The van der Waals surface area contributed by atoms with Crippen molar-refractivity contribution in [1.82, 2.24) is 44.3 Å². The predicted octanol–water partition coefficient (Wildman–Crippen LogP) is 1.04. The van der Waals surface area contributed by atoms with Crippen molar-refractivity contribution in [2.45, 2.75) is 90.4 Å². The van der Waals surface area contributed by atoms with Gasteiger partial charge in [0.15, 0.2) is 18.7 Å². The summed E-state index contributed by atoms with van der Waals surface area (Å²) < 4.78 is 94.7. The van der Waals surface area contributed by atoms with Crippen molar-refractivity contribution < 1.29 is 84.1 Å². The number of carbonyl (C=O) groups is 3. The second-order valence-corrected chi connectivity index (χ2v) is 20.8. The summed E-state index contributed by atoms with van der Waals surface area (Å²) in [4.78, 5) is 79.5. The van der Waals surface area contributed by atoms with Crippen molar-refractivity contribution in [2.75, 3.05) is 19.8 Å². The quantitative estimate of drug-likeness (QED) is 0.0599. The first-order valence-corrected chi connectivity index (χ1v) is 25.5. The minimum Gasteiger partial charge on any atom is -0.363 e. The van der Waals surface area contributed by atoms with Gasteiger partial charge in [-0.3, -0.25) is 41.5 Å². The number of nitrogens with zero attached hydrogens (tertiary/aromatic N) is 9. The highest BCUT2D eigenvalue weighted by molar-refractivity contribution is 7.48. The van der Waals surface area contributed by atoms with Gasteiger partial charge in [-0.25, -0.2) is 42.7 Å². The number of phosphoric acid groups is 3. The van der Waals surface area contributed by atoms with E-state index < -0.39 is 122 Å². The Hall–Kier alpha value is -4.74. The number of ether oxygens (including phenoxy) is 3. The Morgan fingerprint density at radius 2 is 0.928 bits per heavy atom. The zero-order valence-electron chi connectivity index (χ0n) is 37.4. The average Bonchev–Trinajstić information content (AvgIpc) is 4.16. The Labute approximate surface area is 391 Å². The van der Waals surface area contributed by atoms with Crippen LogP contribution in [0, 0.1) is 30.6 Å². The van der Waals surface area contributed by atoms with E-state index in [9.17, 15) is 42.8 Å². The van der Waals surface area contributed by atoms with Gasteiger partial charge in [0.05, 0.1) is 32.5 Å². The molecule has 0 radical (unpaired) electrons. The van der Waals surface area contributed by atoms with E-state index in [0.717, 1.165) is 27.6 Å². The summed E-state index contributed by atoms with van der Waals surface area (Å²) in [7, 11) is -15.1. The van der Waals surface area contributed by atoms with E-state index in [1.165, 1.54) is 24.9 Å². The number of nitrogens with two attached hydrogens (primary N) is 3. The number of phosphoric ester groups is 3. The van der Waals surface area contributed by atoms with Gasteiger partial charge in [0.1, 0.15) is 43.4 Å². The molecule has 3 fully saturated rings. The normalized spacial score (nSPS) is 30.7. The Morgan fingerprint density at radius 3 is 1.32 bits per heavy atom. The number of primary amides is 3. The fourth-order valence-electron chi connectivity index (χ4n) is 7.76. The summed E-state index contributed by atoms with van der Waals surface area (Å²) in [6.07, 6.45) is -6.23. The molecule has 6 heterocycles. The van der Waals surface area contributed by atoms with Gasteiger partial charge >= 0.3 is 23.5 Å². The van der Waals surface area contributed by atoms with E-state index in [2.05, 4.69) is 30.2 Å². The van der Waals surface area contributed by atoms with Gasteiger partial charge in [0.25, 0.3) is 17.7 Å². The Balaban J connectivity index is 1.05. The maximum Gasteiger partial charge on any atom is 0.472 e. The molecule has 3 saturated heterocycles. The van der Waals surface area contributed by atoms with Gasteiger partial charge in [-0.15, -0.1) is 15.3 Å². The van der Waals surface area contributed by atoms with E-state index in [1.807, 2.05) is 20.8 Å². The molecule has 0 saturated carbocycles. The molecule has 0 spiro atoms. The molecule has 3 aromatic heterocycles. The maximum absolute atomic E-state index is 13.9. The lowest BCUT2D eigenvalue weighted by Gasteiger charge is -2.26. The summed E-state index contributed by atoms with van der Waals surface area (Å²) in [5, 5.41) is 12.1. The van der Waals surface area contributed by atoms with Gasteiger partial charge in [-0.05, 0) is 18.4 Å². The van der Waals surface area contributed by atoms with Gasteiger partial charge in [-0.2, -0.15) is 0 Å². The fraction of sp³-hybridized carbons (Fsp3) is 0.583. The lowest BCUT2D eigenvalue weighted by Crippen LogP contribution is -2.34. The van der Waals surface area contributed by atoms with Crippen molar-refractivity contribution in [3.05, 3.63) is 71.8 Å². The maximum atomic E-state index is 13.9. The molecule has 69 heavy (non-hydrogen) atoms. The van der Waals surface area contributed by atoms with E-state index in [-0.39, 0.29) is 35.9 Å². The number of benzene rings is 1. The smallest absolute Gasteiger partial charge is 0.363 e. The second-order valence-electron chi connectivity index (χ2n) is 16.6. The van der Waals surface area contributed by atoms with Crippen molar-refractivity contribution in [3.63, 3.8) is 0 Å². The van der Waals surface area contributed by atoms with Crippen molar-refractivity contribution >= 4 is 41.2 Å². The molecule has 4 aromatic rings. The predicted molar refractivity (Wildman–Crippen MR) is 227 cm³/mol. The van der Waals surface area contributed by atoms with E-state index >= 15 is 0 Å². The molecule has 1 aromatic carbocycles. The molecule has 0 bridgehead atoms. The molecule has 9 N–H and O–H groups in total. The van der Waals surface area contributed by atoms with E-state index in [0.29, 0.717) is 5.56 Å². The third-order valence-electron chi connectivity index (χ3n) is 11.7. The van der Waals surface area contributed by atoms with E-state index in [1.54, 1.807) is 24.3 Å². The molecular weight excluding hydrogens is 981 g/mol. The molecular formula is C36H51N12O18P3. The van der Waals surface area contributed by atoms with Crippen LogP contribution >= 0.6 is 23.5 Å². The minimum absolute atomic E-state index is 0.234. The third kappa shape index (κ3) is 12.4. The van der Waals surface area contributed by atoms with Crippen LogP contribution in [0.25, 0.3) is 0 Å². The van der Waals surface area contributed by atoms with Crippen LogP contribution in [0.1, 0.15) is 89.4 Å². The number of carbonyl (C=O) groups excluding carboxylic acids is 3. The lowest BCUT2D eigenvalue weighted by molar-refractivity contribution is -0.0628. The SMILES string of the molecule is Cc1ccc(COP(=O)(O)OC[C@H]2O[C@@H](n3cnc(C(N)=O)n3)C(C)[C@H]2OP(=O)(O)OC[C@H]2O[C@@H](n3cnc(C(N)=O)n3)C(C)[C@H]2OP(=O)(O)OC[C@H]2O[C@@H](n3cnc(C(N)=O)n3)C(C)[C@H]2C)cc1. The monoisotopic (exact) mass is 1030 g/mol. The topological polar surface area (TPSA) is 416 Å². The van der Waals surface area contributed by atoms with Gasteiger partial charge < -0.3 is 46.1 Å². The minimum atomic E-state index is -5.26. The first-order valence-electron chi connectivity index (χ1n) is 21.0. The molecule has 3 aliphatic rings. The molecule has 6 unspecified atom stereocenters. The Morgan fingerprint density at radius 1 is 0.565 bits per heavy atom. The molecule has 33 heteroatoms. The second kappa shape index (κ2) is 20.9.